The Morgan fingerprint density at radius 2 is 1.65 bits per heavy atom. The highest BCUT2D eigenvalue weighted by molar-refractivity contribution is 6.35. The lowest BCUT2D eigenvalue weighted by Crippen LogP contribution is -3.00. The van der Waals surface area contributed by atoms with E-state index in [0.29, 0.717) is 27.6 Å². The van der Waals surface area contributed by atoms with Crippen LogP contribution in [0.2, 0.25) is 10.0 Å². The van der Waals surface area contributed by atoms with Crippen LogP contribution in [0.15, 0.2) is 79.5 Å². The number of ether oxygens (including phenoxy) is 1. The molecule has 256 valence electrons. The average Bonchev–Trinajstić information content (AvgIpc) is 3.02. The van der Waals surface area contributed by atoms with Gasteiger partial charge >= 0.3 is 0 Å². The number of hydrogen-bond donors (Lipinski definition) is 1. The topological polar surface area (TPSA) is 42.4 Å². The zero-order chi connectivity index (χ0) is 33.7. The van der Waals surface area contributed by atoms with Crippen molar-refractivity contribution >= 4 is 34.1 Å². The van der Waals surface area contributed by atoms with Gasteiger partial charge in [0.1, 0.15) is 31.0 Å². The van der Waals surface area contributed by atoms with Crippen molar-refractivity contribution < 1.29 is 31.3 Å². The van der Waals surface area contributed by atoms with Crippen LogP contribution in [0.4, 0.5) is 0 Å². The highest BCUT2D eigenvalue weighted by Gasteiger charge is 2.54. The van der Waals surface area contributed by atoms with Crippen LogP contribution in [-0.2, 0) is 24.0 Å². The zero-order valence-electron chi connectivity index (χ0n) is 29.1. The lowest BCUT2D eigenvalue weighted by atomic mass is 9.71. The predicted molar refractivity (Wildman–Crippen MR) is 195 cm³/mol. The smallest absolute Gasteiger partial charge is 0.131 e. The molecule has 0 aliphatic carbocycles. The molecule has 0 amide bonds. The maximum atomic E-state index is 12.5. The van der Waals surface area contributed by atoms with Crippen molar-refractivity contribution in [2.24, 2.45) is 11.8 Å². The summed E-state index contributed by atoms with van der Waals surface area (Å²) in [6.45, 7) is 21.2. The normalized spacial score (nSPS) is 23.1. The second-order valence-corrected chi connectivity index (χ2v) is 16.8. The molecule has 48 heavy (non-hydrogen) atoms. The minimum absolute atomic E-state index is 0. The van der Waals surface area contributed by atoms with Crippen molar-refractivity contribution in [3.63, 3.8) is 0 Å². The van der Waals surface area contributed by atoms with Crippen LogP contribution >= 0.6 is 23.2 Å². The summed E-state index contributed by atoms with van der Waals surface area (Å²) in [5, 5.41) is 14.5. The van der Waals surface area contributed by atoms with Crippen LogP contribution in [0.25, 0.3) is 10.9 Å². The number of nitrogens with zero attached hydrogens (tertiary/aromatic N) is 2. The Labute approximate surface area is 307 Å². The summed E-state index contributed by atoms with van der Waals surface area (Å²) >= 11 is 12.8. The van der Waals surface area contributed by atoms with Gasteiger partial charge in [-0.25, -0.2) is 0 Å². The molecule has 0 spiro atoms. The predicted octanol–water partition coefficient (Wildman–Crippen LogP) is 7.36. The first kappa shape index (κ1) is 36.9. The third-order valence-electron chi connectivity index (χ3n) is 10.8. The average molecular weight is 753 g/mol. The first-order chi connectivity index (χ1) is 22.2. The van der Waals surface area contributed by atoms with Crippen LogP contribution in [0.5, 0.6) is 5.75 Å². The molecule has 1 aromatic heterocycles. The SMILES string of the molecule is C=CC1C[N+]2(Cc3cc(C(C)(C)C)cc(C(C)(C)C)c3)CCC1C[C@H]2[C@H](O)c1ccnc2ccc(OCc3c(Cl)cccc3Cl)cc12.[Br-]. The van der Waals surface area contributed by atoms with Crippen molar-refractivity contribution in [1.29, 1.82) is 0 Å². The number of hydrogen-bond acceptors (Lipinski definition) is 3. The van der Waals surface area contributed by atoms with Crippen molar-refractivity contribution in [3.8, 4) is 5.75 Å². The molecule has 3 aliphatic rings. The lowest BCUT2D eigenvalue weighted by molar-refractivity contribution is -0.984. The quantitative estimate of drug-likeness (QED) is 0.151. The Bertz CT molecular complexity index is 1740. The number of benzene rings is 3. The molecule has 7 rings (SSSR count). The van der Waals surface area contributed by atoms with E-state index in [9.17, 15) is 5.11 Å². The van der Waals surface area contributed by atoms with Gasteiger partial charge in [0.05, 0.1) is 18.6 Å². The van der Waals surface area contributed by atoms with E-state index in [1.807, 2.05) is 48.7 Å². The van der Waals surface area contributed by atoms with Crippen LogP contribution in [-0.4, -0.2) is 33.7 Å². The first-order valence-corrected chi connectivity index (χ1v) is 17.7. The van der Waals surface area contributed by atoms with Crippen molar-refractivity contribution in [2.75, 3.05) is 13.1 Å². The van der Waals surface area contributed by atoms with E-state index >= 15 is 0 Å². The third kappa shape index (κ3) is 7.37. The molecule has 2 bridgehead atoms. The minimum Gasteiger partial charge on any atom is -1.00 e. The molecule has 0 radical (unpaired) electrons. The number of rotatable bonds is 8. The molecule has 1 N–H and O–H groups in total. The van der Waals surface area contributed by atoms with Gasteiger partial charge in [-0.05, 0) is 82.0 Å². The van der Waals surface area contributed by atoms with E-state index in [1.165, 1.54) is 16.7 Å². The van der Waals surface area contributed by atoms with Crippen LogP contribution in [0.3, 0.4) is 0 Å². The van der Waals surface area contributed by atoms with Crippen LogP contribution in [0, 0.1) is 11.8 Å². The maximum Gasteiger partial charge on any atom is 0.131 e. The standard InChI is InChI=1S/C41H49Cl2N2O2.BrH/c1-8-27-24-45(23-26-18-29(40(2,3)4)21-30(19-26)41(5,6)7)17-15-28(27)20-38(45)39(46)32-14-16-44-37-13-12-31(22-33(32)37)47-25-34-35(42)10-9-11-36(34)43;/h8-14,16,18-19,21-22,27-28,38-39,46H,1,15,17,20,23-25H2,2-7H3;1H/q+1;/p-1/t27?,28?,38-,39+,45?;/m0./s1. The fourth-order valence-electron chi connectivity index (χ4n) is 7.92. The number of aromatic nitrogens is 1. The van der Waals surface area contributed by atoms with Gasteiger partial charge in [-0.15, -0.1) is 6.58 Å². The Kier molecular flexibility index (Phi) is 10.8. The lowest BCUT2D eigenvalue weighted by Gasteiger charge is -2.58. The third-order valence-corrected chi connectivity index (χ3v) is 11.5. The van der Waals surface area contributed by atoms with E-state index in [2.05, 4.69) is 77.4 Å². The molecular formula is C41H49BrCl2N2O2. The molecule has 4 aromatic rings. The molecule has 4 heterocycles. The molecule has 3 fully saturated rings. The summed E-state index contributed by atoms with van der Waals surface area (Å²) in [5.74, 6) is 1.67. The number of halogens is 3. The van der Waals surface area contributed by atoms with Crippen molar-refractivity contribution in [2.45, 2.75) is 90.5 Å². The Morgan fingerprint density at radius 1 is 0.979 bits per heavy atom. The van der Waals surface area contributed by atoms with Crippen molar-refractivity contribution in [1.82, 2.24) is 4.98 Å². The largest absolute Gasteiger partial charge is 1.00 e. The van der Waals surface area contributed by atoms with Gasteiger partial charge in [0.15, 0.2) is 0 Å². The van der Waals surface area contributed by atoms with Gasteiger partial charge in [0.2, 0.25) is 0 Å². The highest BCUT2D eigenvalue weighted by Crippen LogP contribution is 2.48. The molecular weight excluding hydrogens is 703 g/mol. The fourth-order valence-corrected chi connectivity index (χ4v) is 8.43. The summed E-state index contributed by atoms with van der Waals surface area (Å²) in [6.07, 6.45) is 5.46. The van der Waals surface area contributed by atoms with E-state index in [-0.39, 0.29) is 40.5 Å². The Morgan fingerprint density at radius 3 is 2.27 bits per heavy atom. The van der Waals surface area contributed by atoms with Crippen molar-refractivity contribution in [3.05, 3.63) is 117 Å². The second kappa shape index (κ2) is 14.1. The number of pyridine rings is 1. The summed E-state index contributed by atoms with van der Waals surface area (Å²) in [7, 11) is 0. The number of piperidine rings is 3. The van der Waals surface area contributed by atoms with Gasteiger partial charge in [-0.2, -0.15) is 0 Å². The van der Waals surface area contributed by atoms with Gasteiger partial charge in [0.25, 0.3) is 0 Å². The van der Waals surface area contributed by atoms with Gasteiger partial charge in [-0.1, -0.05) is 83.0 Å². The number of aliphatic hydroxyl groups is 1. The first-order valence-electron chi connectivity index (χ1n) is 16.9. The van der Waals surface area contributed by atoms with Gasteiger partial charge in [0, 0.05) is 51.5 Å². The molecule has 0 saturated carbocycles. The van der Waals surface area contributed by atoms with Crippen LogP contribution in [0.1, 0.15) is 88.3 Å². The van der Waals surface area contributed by atoms with E-state index in [1.54, 1.807) is 0 Å². The van der Waals surface area contributed by atoms with Crippen LogP contribution < -0.4 is 21.7 Å². The maximum absolute atomic E-state index is 12.5. The molecule has 5 atom stereocenters. The number of aliphatic hydroxyl groups excluding tert-OH is 1. The molecule has 4 nitrogen and oxygen atoms in total. The van der Waals surface area contributed by atoms with E-state index in [4.69, 9.17) is 27.9 Å². The summed E-state index contributed by atoms with van der Waals surface area (Å²) < 4.78 is 7.06. The number of quaternary nitrogens is 1. The van der Waals surface area contributed by atoms with Gasteiger partial charge < -0.3 is 31.3 Å². The monoisotopic (exact) mass is 750 g/mol. The Balaban J connectivity index is 0.00000451. The summed E-state index contributed by atoms with van der Waals surface area (Å²) in [5.41, 5.74) is 6.67. The fraction of sp³-hybridized carbons (Fsp3) is 0.439. The van der Waals surface area contributed by atoms with Gasteiger partial charge in [-0.3, -0.25) is 4.98 Å². The highest BCUT2D eigenvalue weighted by atomic mass is 79.9. The summed E-state index contributed by atoms with van der Waals surface area (Å²) in [4.78, 5) is 4.65. The second-order valence-electron chi connectivity index (χ2n) is 16.0. The number of fused-ring (bicyclic) bond motifs is 4. The molecule has 3 unspecified atom stereocenters. The molecule has 3 aromatic carbocycles. The molecule has 3 saturated heterocycles. The molecule has 7 heteroatoms. The van der Waals surface area contributed by atoms with E-state index < -0.39 is 6.10 Å². The van der Waals surface area contributed by atoms with E-state index in [0.717, 1.165) is 59.0 Å². The Hall–Kier alpha value is -2.41. The molecule has 3 aliphatic heterocycles. The minimum atomic E-state index is -0.657. The summed E-state index contributed by atoms with van der Waals surface area (Å²) in [6, 6.07) is 20.6. The zero-order valence-corrected chi connectivity index (χ0v) is 32.2.